The molecule has 5 nitrogen and oxygen atoms in total. The zero-order valence-corrected chi connectivity index (χ0v) is 13.5. The van der Waals surface area contributed by atoms with Crippen molar-refractivity contribution in [2.45, 2.75) is 63.3 Å². The van der Waals surface area contributed by atoms with Crippen molar-refractivity contribution in [3.8, 4) is 0 Å². The monoisotopic (exact) mass is 304 g/mol. The molecule has 0 aromatic heterocycles. The highest BCUT2D eigenvalue weighted by molar-refractivity contribution is 7.89. The smallest absolute Gasteiger partial charge is 0.217 e. The predicted molar refractivity (Wildman–Crippen MR) is 80.2 cm³/mol. The molecule has 1 atom stereocenters. The van der Waals surface area contributed by atoms with E-state index < -0.39 is 10.0 Å². The average Bonchev–Trinajstić information content (AvgIpc) is 2.46. The van der Waals surface area contributed by atoms with Crippen LogP contribution in [0.2, 0.25) is 0 Å². The third-order valence-corrected chi connectivity index (χ3v) is 6.84. The highest BCUT2D eigenvalue weighted by atomic mass is 32.2. The molecule has 118 valence electrons. The summed E-state index contributed by atoms with van der Waals surface area (Å²) < 4.78 is 32.7. The molecule has 0 amide bonds. The number of ether oxygens (including phenoxy) is 1. The van der Waals surface area contributed by atoms with Gasteiger partial charge in [-0.15, -0.1) is 0 Å². The number of rotatable bonds is 5. The summed E-state index contributed by atoms with van der Waals surface area (Å²) >= 11 is 0. The van der Waals surface area contributed by atoms with Gasteiger partial charge in [0.15, 0.2) is 0 Å². The van der Waals surface area contributed by atoms with Gasteiger partial charge in [-0.05, 0) is 46.1 Å². The van der Waals surface area contributed by atoms with Crippen LogP contribution in [0.15, 0.2) is 0 Å². The van der Waals surface area contributed by atoms with Gasteiger partial charge < -0.3 is 10.1 Å². The van der Waals surface area contributed by atoms with Gasteiger partial charge in [-0.3, -0.25) is 0 Å². The van der Waals surface area contributed by atoms with Crippen molar-refractivity contribution >= 4 is 10.0 Å². The zero-order chi connectivity index (χ0) is 14.6. The van der Waals surface area contributed by atoms with Crippen molar-refractivity contribution < 1.29 is 13.2 Å². The number of hydrogen-bond acceptors (Lipinski definition) is 4. The quantitative estimate of drug-likeness (QED) is 0.833. The van der Waals surface area contributed by atoms with Crippen molar-refractivity contribution in [3.63, 3.8) is 0 Å². The third-order valence-electron chi connectivity index (χ3n) is 4.31. The summed E-state index contributed by atoms with van der Waals surface area (Å²) in [5.74, 6) is 0. The van der Waals surface area contributed by atoms with Gasteiger partial charge in [-0.2, -0.15) is 4.31 Å². The number of nitrogens with zero attached hydrogens (tertiary/aromatic N) is 1. The molecule has 2 fully saturated rings. The molecule has 0 aromatic rings. The van der Waals surface area contributed by atoms with Gasteiger partial charge in [-0.25, -0.2) is 8.42 Å². The molecule has 0 spiro atoms. The van der Waals surface area contributed by atoms with Crippen LogP contribution in [-0.2, 0) is 14.8 Å². The molecule has 2 rings (SSSR count). The van der Waals surface area contributed by atoms with Crippen LogP contribution in [0.4, 0.5) is 0 Å². The molecule has 1 N–H and O–H groups in total. The molecular weight excluding hydrogens is 276 g/mol. The van der Waals surface area contributed by atoms with Crippen molar-refractivity contribution in [1.82, 2.24) is 9.62 Å². The average molecular weight is 304 g/mol. The molecule has 2 aliphatic heterocycles. The minimum atomic E-state index is -3.21. The predicted octanol–water partition coefficient (Wildman–Crippen LogP) is 1.35. The lowest BCUT2D eigenvalue weighted by Gasteiger charge is -2.35. The molecule has 20 heavy (non-hydrogen) atoms. The maximum atomic E-state index is 12.8. The molecule has 0 bridgehead atoms. The molecule has 2 saturated heterocycles. The van der Waals surface area contributed by atoms with Gasteiger partial charge in [0, 0.05) is 31.8 Å². The molecule has 2 heterocycles. The molecule has 1 unspecified atom stereocenters. The normalized spacial score (nSPS) is 26.3. The van der Waals surface area contributed by atoms with E-state index in [0.29, 0.717) is 38.6 Å². The Kier molecular flexibility index (Phi) is 5.84. The Balaban J connectivity index is 2.05. The minimum absolute atomic E-state index is 0.0200. The Morgan fingerprint density at radius 2 is 1.90 bits per heavy atom. The molecular formula is C14H28N2O3S. The van der Waals surface area contributed by atoms with E-state index in [0.717, 1.165) is 13.0 Å². The molecule has 0 aliphatic carbocycles. The van der Waals surface area contributed by atoms with E-state index in [4.69, 9.17) is 4.74 Å². The Morgan fingerprint density at radius 1 is 1.20 bits per heavy atom. The second kappa shape index (κ2) is 7.20. The topological polar surface area (TPSA) is 58.6 Å². The Labute approximate surface area is 123 Å². The highest BCUT2D eigenvalue weighted by Gasteiger charge is 2.36. The van der Waals surface area contributed by atoms with Gasteiger partial charge >= 0.3 is 0 Å². The van der Waals surface area contributed by atoms with Crippen LogP contribution in [0.5, 0.6) is 0 Å². The molecule has 0 aromatic carbocycles. The van der Waals surface area contributed by atoms with E-state index in [1.54, 1.807) is 4.31 Å². The van der Waals surface area contributed by atoms with Crippen LogP contribution in [0.3, 0.4) is 0 Å². The summed E-state index contributed by atoms with van der Waals surface area (Å²) in [5, 5.41) is 3.19. The lowest BCUT2D eigenvalue weighted by atomic mass is 10.1. The maximum Gasteiger partial charge on any atom is 0.217 e. The largest absolute Gasteiger partial charge is 0.381 e. The van der Waals surface area contributed by atoms with E-state index in [-0.39, 0.29) is 11.3 Å². The maximum absolute atomic E-state index is 12.8. The van der Waals surface area contributed by atoms with E-state index in [2.05, 4.69) is 5.32 Å². The summed E-state index contributed by atoms with van der Waals surface area (Å²) in [7, 11) is -3.21. The Bertz CT molecular complexity index is 385. The van der Waals surface area contributed by atoms with Crippen LogP contribution in [0.25, 0.3) is 0 Å². The first-order chi connectivity index (χ1) is 9.51. The lowest BCUT2D eigenvalue weighted by molar-refractivity contribution is 0.0967. The van der Waals surface area contributed by atoms with Crippen molar-refractivity contribution in [2.75, 3.05) is 26.3 Å². The van der Waals surface area contributed by atoms with Gasteiger partial charge in [0.2, 0.25) is 10.0 Å². The summed E-state index contributed by atoms with van der Waals surface area (Å²) in [4.78, 5) is 0. The van der Waals surface area contributed by atoms with Gasteiger partial charge in [0.05, 0.1) is 5.25 Å². The van der Waals surface area contributed by atoms with E-state index in [9.17, 15) is 8.42 Å². The summed E-state index contributed by atoms with van der Waals surface area (Å²) in [6.07, 6.45) is 4.73. The first-order valence-corrected chi connectivity index (χ1v) is 9.34. The standard InChI is InChI=1S/C14H28N2O3S/c1-12(2)16(11-13-5-3-4-8-15-13)20(17,18)14-6-9-19-10-7-14/h12-15H,3-11H2,1-2H3. The summed E-state index contributed by atoms with van der Waals surface area (Å²) in [6.45, 7) is 6.69. The van der Waals surface area contributed by atoms with Crippen LogP contribution in [0.1, 0.15) is 46.0 Å². The molecule has 6 heteroatoms. The van der Waals surface area contributed by atoms with Crippen LogP contribution in [0, 0.1) is 0 Å². The fourth-order valence-corrected chi connectivity index (χ4v) is 5.22. The third kappa shape index (κ3) is 3.93. The zero-order valence-electron chi connectivity index (χ0n) is 12.7. The van der Waals surface area contributed by atoms with Crippen LogP contribution >= 0.6 is 0 Å². The fourth-order valence-electron chi connectivity index (χ4n) is 3.07. The van der Waals surface area contributed by atoms with Gasteiger partial charge in [-0.1, -0.05) is 6.42 Å². The van der Waals surface area contributed by atoms with E-state index in [1.807, 2.05) is 13.8 Å². The fraction of sp³-hybridized carbons (Fsp3) is 1.00. The molecule has 0 radical (unpaired) electrons. The lowest BCUT2D eigenvalue weighted by Crippen LogP contribution is -2.51. The highest BCUT2D eigenvalue weighted by Crippen LogP contribution is 2.23. The van der Waals surface area contributed by atoms with Crippen LogP contribution < -0.4 is 5.32 Å². The SMILES string of the molecule is CC(C)N(CC1CCCCN1)S(=O)(=O)C1CCOCC1. The summed E-state index contributed by atoms with van der Waals surface area (Å²) in [5.41, 5.74) is 0. The van der Waals surface area contributed by atoms with E-state index >= 15 is 0 Å². The number of sulfonamides is 1. The second-order valence-electron chi connectivity index (χ2n) is 6.17. The summed E-state index contributed by atoms with van der Waals surface area (Å²) in [6, 6.07) is 0.326. The molecule has 0 saturated carbocycles. The van der Waals surface area contributed by atoms with Gasteiger partial charge in [0.1, 0.15) is 0 Å². The second-order valence-corrected chi connectivity index (χ2v) is 8.33. The van der Waals surface area contributed by atoms with Crippen molar-refractivity contribution in [3.05, 3.63) is 0 Å². The Hall–Kier alpha value is -0.170. The number of hydrogen-bond donors (Lipinski definition) is 1. The first-order valence-electron chi connectivity index (χ1n) is 7.83. The van der Waals surface area contributed by atoms with Crippen molar-refractivity contribution in [2.24, 2.45) is 0 Å². The number of piperidine rings is 1. The van der Waals surface area contributed by atoms with Crippen molar-refractivity contribution in [1.29, 1.82) is 0 Å². The van der Waals surface area contributed by atoms with Crippen LogP contribution in [-0.4, -0.2) is 56.4 Å². The number of nitrogens with one attached hydrogen (secondary N) is 1. The van der Waals surface area contributed by atoms with Gasteiger partial charge in [0.25, 0.3) is 0 Å². The molecule has 2 aliphatic rings. The Morgan fingerprint density at radius 3 is 2.45 bits per heavy atom. The van der Waals surface area contributed by atoms with E-state index in [1.165, 1.54) is 12.8 Å². The minimum Gasteiger partial charge on any atom is -0.381 e. The first kappa shape index (κ1) is 16.2.